The Morgan fingerprint density at radius 3 is 2.80 bits per heavy atom. The molecule has 1 N–H and O–H groups in total. The molecule has 118 valence electrons. The van der Waals surface area contributed by atoms with E-state index < -0.39 is 10.0 Å². The summed E-state index contributed by atoms with van der Waals surface area (Å²) in [5.74, 6) is 0.279. The lowest BCUT2D eigenvalue weighted by molar-refractivity contribution is 0.117. The number of fused-ring (bicyclic) bond motifs is 1. The lowest BCUT2D eigenvalue weighted by atomic mass is 10.1. The van der Waals surface area contributed by atoms with Crippen LogP contribution in [0.2, 0.25) is 0 Å². The van der Waals surface area contributed by atoms with Gasteiger partial charge in [0, 0.05) is 25.2 Å². The molecule has 2 fully saturated rings. The standard InChI is InChI=1S/C14H29N3O2S/c1-3-7-15-8-5-10-20(18,19)17-12-14-6-4-9-16(14)11-13(17)2/h13-15H,3-12H2,1-2H3. The Kier molecular flexibility index (Phi) is 5.84. The maximum atomic E-state index is 12.5. The molecule has 0 aliphatic carbocycles. The van der Waals surface area contributed by atoms with Crippen LogP contribution in [0.5, 0.6) is 0 Å². The summed E-state index contributed by atoms with van der Waals surface area (Å²) in [5.41, 5.74) is 0. The molecule has 0 aromatic heterocycles. The van der Waals surface area contributed by atoms with Crippen LogP contribution < -0.4 is 5.32 Å². The minimum Gasteiger partial charge on any atom is -0.317 e. The molecule has 0 aromatic rings. The first-order valence-electron chi connectivity index (χ1n) is 7.99. The largest absolute Gasteiger partial charge is 0.317 e. The number of sulfonamides is 1. The third kappa shape index (κ3) is 3.93. The molecule has 0 bridgehead atoms. The zero-order valence-electron chi connectivity index (χ0n) is 12.8. The van der Waals surface area contributed by atoms with Crippen LogP contribution in [0, 0.1) is 0 Å². The maximum absolute atomic E-state index is 12.5. The average Bonchev–Trinajstić information content (AvgIpc) is 2.84. The quantitative estimate of drug-likeness (QED) is 0.709. The zero-order valence-corrected chi connectivity index (χ0v) is 13.7. The molecular formula is C14H29N3O2S. The van der Waals surface area contributed by atoms with Gasteiger partial charge in [-0.25, -0.2) is 8.42 Å². The first-order valence-corrected chi connectivity index (χ1v) is 9.60. The molecule has 20 heavy (non-hydrogen) atoms. The molecule has 0 aromatic carbocycles. The average molecular weight is 303 g/mol. The fraction of sp³-hybridized carbons (Fsp3) is 1.00. The lowest BCUT2D eigenvalue weighted by Crippen LogP contribution is -2.57. The Morgan fingerprint density at radius 2 is 2.05 bits per heavy atom. The smallest absolute Gasteiger partial charge is 0.214 e. The second-order valence-electron chi connectivity index (χ2n) is 6.13. The summed E-state index contributed by atoms with van der Waals surface area (Å²) < 4.78 is 26.8. The molecule has 6 heteroatoms. The molecule has 2 saturated heterocycles. The minimum atomic E-state index is -3.09. The van der Waals surface area contributed by atoms with Crippen molar-refractivity contribution in [1.29, 1.82) is 0 Å². The highest BCUT2D eigenvalue weighted by Gasteiger charge is 2.39. The summed E-state index contributed by atoms with van der Waals surface area (Å²) in [5, 5.41) is 3.27. The van der Waals surface area contributed by atoms with Crippen molar-refractivity contribution in [2.75, 3.05) is 38.5 Å². The van der Waals surface area contributed by atoms with Crippen LogP contribution >= 0.6 is 0 Å². The van der Waals surface area contributed by atoms with E-state index >= 15 is 0 Å². The molecule has 0 spiro atoms. The van der Waals surface area contributed by atoms with Gasteiger partial charge in [-0.2, -0.15) is 4.31 Å². The first kappa shape index (κ1) is 16.2. The third-order valence-electron chi connectivity index (χ3n) is 4.42. The van der Waals surface area contributed by atoms with Gasteiger partial charge in [0.1, 0.15) is 0 Å². The minimum absolute atomic E-state index is 0.123. The first-order chi connectivity index (χ1) is 9.54. The van der Waals surface area contributed by atoms with Gasteiger partial charge in [0.15, 0.2) is 0 Å². The fourth-order valence-corrected chi connectivity index (χ4v) is 5.10. The number of hydrogen-bond acceptors (Lipinski definition) is 4. The summed E-state index contributed by atoms with van der Waals surface area (Å²) in [6, 6.07) is 0.581. The Hall–Kier alpha value is -0.170. The Labute approximate surface area is 123 Å². The van der Waals surface area contributed by atoms with E-state index in [0.29, 0.717) is 19.0 Å². The SMILES string of the molecule is CCCNCCCS(=O)(=O)N1CC2CCCN2CC1C. The molecule has 2 atom stereocenters. The van der Waals surface area contributed by atoms with Gasteiger partial charge in [-0.15, -0.1) is 0 Å². The number of rotatable bonds is 7. The molecule has 2 aliphatic heterocycles. The molecule has 0 amide bonds. The zero-order chi connectivity index (χ0) is 14.6. The van der Waals surface area contributed by atoms with Gasteiger partial charge in [-0.05, 0) is 52.2 Å². The van der Waals surface area contributed by atoms with Crippen molar-refractivity contribution >= 4 is 10.0 Å². The Bertz CT molecular complexity index is 399. The molecule has 5 nitrogen and oxygen atoms in total. The van der Waals surface area contributed by atoms with E-state index in [1.165, 1.54) is 6.42 Å². The lowest BCUT2D eigenvalue weighted by Gasteiger charge is -2.41. The van der Waals surface area contributed by atoms with E-state index in [9.17, 15) is 8.42 Å². The second kappa shape index (κ2) is 7.20. The fourth-order valence-electron chi connectivity index (χ4n) is 3.35. The number of nitrogens with one attached hydrogen (secondary N) is 1. The van der Waals surface area contributed by atoms with Crippen molar-refractivity contribution in [2.24, 2.45) is 0 Å². The van der Waals surface area contributed by atoms with Crippen LogP contribution in [0.15, 0.2) is 0 Å². The van der Waals surface area contributed by atoms with Crippen LogP contribution in [-0.2, 0) is 10.0 Å². The summed E-state index contributed by atoms with van der Waals surface area (Å²) >= 11 is 0. The van der Waals surface area contributed by atoms with E-state index in [-0.39, 0.29) is 11.8 Å². The van der Waals surface area contributed by atoms with E-state index in [4.69, 9.17) is 0 Å². The van der Waals surface area contributed by atoms with Crippen LogP contribution in [0.3, 0.4) is 0 Å². The summed E-state index contributed by atoms with van der Waals surface area (Å²) in [7, 11) is -3.09. The highest BCUT2D eigenvalue weighted by molar-refractivity contribution is 7.89. The van der Waals surface area contributed by atoms with E-state index in [1.807, 2.05) is 6.92 Å². The van der Waals surface area contributed by atoms with E-state index in [1.54, 1.807) is 4.31 Å². The van der Waals surface area contributed by atoms with E-state index in [0.717, 1.165) is 39.0 Å². The van der Waals surface area contributed by atoms with Crippen molar-refractivity contribution < 1.29 is 8.42 Å². The Morgan fingerprint density at radius 1 is 1.25 bits per heavy atom. The number of piperazine rings is 1. The van der Waals surface area contributed by atoms with E-state index in [2.05, 4.69) is 17.1 Å². The topological polar surface area (TPSA) is 52.7 Å². The van der Waals surface area contributed by atoms with Gasteiger partial charge in [0.25, 0.3) is 0 Å². The number of hydrogen-bond donors (Lipinski definition) is 1. The summed E-state index contributed by atoms with van der Waals surface area (Å²) in [6.07, 6.45) is 4.16. The molecule has 2 unspecified atom stereocenters. The molecule has 2 rings (SSSR count). The number of nitrogens with zero attached hydrogens (tertiary/aromatic N) is 2. The van der Waals surface area contributed by atoms with Crippen molar-refractivity contribution in [2.45, 2.75) is 51.6 Å². The van der Waals surface area contributed by atoms with Crippen LogP contribution in [0.4, 0.5) is 0 Å². The molecule has 0 radical (unpaired) electrons. The summed E-state index contributed by atoms with van der Waals surface area (Å²) in [4.78, 5) is 2.46. The van der Waals surface area contributed by atoms with Crippen molar-refractivity contribution in [3.8, 4) is 0 Å². The summed E-state index contributed by atoms with van der Waals surface area (Å²) in [6.45, 7) is 8.67. The predicted octanol–water partition coefficient (Wildman–Crippen LogP) is 0.874. The monoisotopic (exact) mass is 303 g/mol. The molecular weight excluding hydrogens is 274 g/mol. The van der Waals surface area contributed by atoms with Crippen molar-refractivity contribution in [3.63, 3.8) is 0 Å². The van der Waals surface area contributed by atoms with Crippen molar-refractivity contribution in [3.05, 3.63) is 0 Å². The van der Waals surface area contributed by atoms with Crippen molar-refractivity contribution in [1.82, 2.24) is 14.5 Å². The molecule has 0 saturated carbocycles. The van der Waals surface area contributed by atoms with Gasteiger partial charge in [0.2, 0.25) is 10.0 Å². The molecule has 2 aliphatic rings. The third-order valence-corrected chi connectivity index (χ3v) is 6.45. The van der Waals surface area contributed by atoms with Gasteiger partial charge < -0.3 is 5.32 Å². The van der Waals surface area contributed by atoms with Crippen LogP contribution in [-0.4, -0.2) is 68.2 Å². The highest BCUT2D eigenvalue weighted by atomic mass is 32.2. The van der Waals surface area contributed by atoms with Crippen LogP contribution in [0.1, 0.15) is 39.5 Å². The van der Waals surface area contributed by atoms with Gasteiger partial charge in [0.05, 0.1) is 5.75 Å². The molecule has 2 heterocycles. The Balaban J connectivity index is 1.84. The van der Waals surface area contributed by atoms with Gasteiger partial charge >= 0.3 is 0 Å². The highest BCUT2D eigenvalue weighted by Crippen LogP contribution is 2.26. The van der Waals surface area contributed by atoms with Crippen LogP contribution in [0.25, 0.3) is 0 Å². The normalized spacial score (nSPS) is 28.7. The maximum Gasteiger partial charge on any atom is 0.214 e. The second-order valence-corrected chi connectivity index (χ2v) is 8.17. The predicted molar refractivity (Wildman–Crippen MR) is 82.3 cm³/mol. The van der Waals surface area contributed by atoms with Gasteiger partial charge in [-0.1, -0.05) is 6.92 Å². The van der Waals surface area contributed by atoms with Gasteiger partial charge in [-0.3, -0.25) is 4.90 Å².